The molecule has 2 aliphatic rings. The summed E-state index contributed by atoms with van der Waals surface area (Å²) < 4.78 is 25.1. The number of methoxy groups -OCH3 is 1. The van der Waals surface area contributed by atoms with E-state index < -0.39 is 11.9 Å². The fourth-order valence-corrected chi connectivity index (χ4v) is 5.42. The smallest absolute Gasteiger partial charge is 0.260 e. The van der Waals surface area contributed by atoms with E-state index in [1.807, 2.05) is 5.38 Å². The fraction of sp³-hybridized carbons (Fsp3) is 0.360. The number of pyridine rings is 1. The molecule has 1 saturated heterocycles. The first-order valence-electron chi connectivity index (χ1n) is 11.7. The number of carbonyl (C=O) groups excluding carboxylic acids is 1. The van der Waals surface area contributed by atoms with Crippen LogP contribution in [0.1, 0.15) is 47.5 Å². The molecular weight excluding hydrogens is 485 g/mol. The highest BCUT2D eigenvalue weighted by atomic mass is 32.1. The summed E-state index contributed by atoms with van der Waals surface area (Å²) in [5.74, 6) is 0.561. The van der Waals surface area contributed by atoms with E-state index >= 15 is 0 Å². The van der Waals surface area contributed by atoms with Crippen LogP contribution in [0.4, 0.5) is 10.1 Å². The molecule has 188 valence electrons. The predicted molar refractivity (Wildman–Crippen MR) is 133 cm³/mol. The monoisotopic (exact) mass is 511 g/mol. The molecule has 1 unspecified atom stereocenters. The summed E-state index contributed by atoms with van der Waals surface area (Å²) in [4.78, 5) is 28.8. The van der Waals surface area contributed by atoms with Gasteiger partial charge in [0.05, 0.1) is 23.4 Å². The van der Waals surface area contributed by atoms with Crippen molar-refractivity contribution in [2.45, 2.75) is 31.3 Å². The van der Waals surface area contributed by atoms with E-state index in [0.29, 0.717) is 48.1 Å². The summed E-state index contributed by atoms with van der Waals surface area (Å²) in [6, 6.07) is 8.07. The minimum Gasteiger partial charge on any atom is -0.491 e. The number of piperidine rings is 1. The van der Waals surface area contributed by atoms with E-state index in [9.17, 15) is 9.18 Å². The molecule has 0 aliphatic carbocycles. The van der Waals surface area contributed by atoms with Crippen molar-refractivity contribution in [1.29, 1.82) is 0 Å². The van der Waals surface area contributed by atoms with Gasteiger partial charge in [0.2, 0.25) is 0 Å². The van der Waals surface area contributed by atoms with Crippen LogP contribution in [-0.4, -0.2) is 53.3 Å². The molecule has 5 rings (SSSR count). The second-order valence-electron chi connectivity index (χ2n) is 8.60. The zero-order valence-corrected chi connectivity index (χ0v) is 20.5. The second-order valence-corrected chi connectivity index (χ2v) is 9.49. The topological polar surface area (TPSA) is 112 Å². The molecule has 36 heavy (non-hydrogen) atoms. The van der Waals surface area contributed by atoms with Gasteiger partial charge in [0.1, 0.15) is 11.5 Å². The molecule has 1 aromatic carbocycles. The number of carbonyl (C=O) groups is 1. The fourth-order valence-electron chi connectivity index (χ4n) is 4.42. The number of thiazole rings is 1. The van der Waals surface area contributed by atoms with Gasteiger partial charge < -0.3 is 24.9 Å². The minimum atomic E-state index is -0.561. The molecule has 0 spiro atoms. The number of amides is 1. The van der Waals surface area contributed by atoms with Gasteiger partial charge in [0.25, 0.3) is 11.8 Å². The lowest BCUT2D eigenvalue weighted by molar-refractivity contribution is -0.134. The Morgan fingerprint density at radius 1 is 1.28 bits per heavy atom. The molecule has 9 nitrogen and oxygen atoms in total. The van der Waals surface area contributed by atoms with Crippen LogP contribution in [0.25, 0.3) is 0 Å². The van der Waals surface area contributed by atoms with Gasteiger partial charge in [-0.15, -0.1) is 11.3 Å². The first kappa shape index (κ1) is 24.0. The van der Waals surface area contributed by atoms with Gasteiger partial charge >= 0.3 is 0 Å². The summed E-state index contributed by atoms with van der Waals surface area (Å²) in [6.07, 6.45) is 3.05. The van der Waals surface area contributed by atoms with Crippen molar-refractivity contribution in [3.63, 3.8) is 0 Å². The molecule has 2 aliphatic heterocycles. The highest BCUT2D eigenvalue weighted by Gasteiger charge is 2.31. The van der Waals surface area contributed by atoms with Crippen LogP contribution in [-0.2, 0) is 9.63 Å². The molecule has 4 heterocycles. The van der Waals surface area contributed by atoms with Crippen molar-refractivity contribution >= 4 is 28.6 Å². The lowest BCUT2D eigenvalue weighted by atomic mass is 9.97. The normalized spacial score (nSPS) is 18.0. The molecular formula is C25H26FN5O4S. The standard InChI is InChI=1S/C25H26FN5O4S/c1-33-20-6-3-9-28-24(20)34-13-22(32)31-10-7-15(8-11-31)25-29-19(14-36-25)18-12-21(35-30-18)23-16(26)4-2-5-17(23)27/h2-6,9,14-15,21H,7-8,10-13,27H2,1H3. The number of halogens is 1. The molecule has 1 amide bonds. The number of nitrogens with zero attached hydrogens (tertiary/aromatic N) is 4. The Labute approximate surface area is 211 Å². The Kier molecular flexibility index (Phi) is 6.99. The van der Waals surface area contributed by atoms with Crippen molar-refractivity contribution in [2.24, 2.45) is 5.16 Å². The first-order chi connectivity index (χ1) is 17.5. The van der Waals surface area contributed by atoms with Crippen molar-refractivity contribution in [1.82, 2.24) is 14.9 Å². The molecule has 1 fully saturated rings. The molecule has 0 bridgehead atoms. The maximum atomic E-state index is 14.3. The van der Waals surface area contributed by atoms with E-state index in [4.69, 9.17) is 25.0 Å². The Morgan fingerprint density at radius 2 is 2.11 bits per heavy atom. The number of oxime groups is 1. The van der Waals surface area contributed by atoms with E-state index in [1.165, 1.54) is 13.2 Å². The van der Waals surface area contributed by atoms with Crippen molar-refractivity contribution < 1.29 is 23.5 Å². The summed E-state index contributed by atoms with van der Waals surface area (Å²) in [5, 5.41) is 7.11. The zero-order valence-electron chi connectivity index (χ0n) is 19.7. The van der Waals surface area contributed by atoms with E-state index in [1.54, 1.807) is 46.7 Å². The van der Waals surface area contributed by atoms with Crippen molar-refractivity contribution in [3.8, 4) is 11.6 Å². The number of rotatable bonds is 7. The predicted octanol–water partition coefficient (Wildman–Crippen LogP) is 3.92. The van der Waals surface area contributed by atoms with E-state index in [-0.39, 0.29) is 18.4 Å². The molecule has 2 aromatic heterocycles. The highest BCUT2D eigenvalue weighted by Crippen LogP contribution is 2.36. The number of hydrogen-bond donors (Lipinski definition) is 1. The van der Waals surface area contributed by atoms with Crippen LogP contribution in [0.2, 0.25) is 0 Å². The number of anilines is 1. The largest absolute Gasteiger partial charge is 0.491 e. The molecule has 0 radical (unpaired) electrons. The lowest BCUT2D eigenvalue weighted by Gasteiger charge is -2.31. The van der Waals surface area contributed by atoms with Gasteiger partial charge in [0, 0.05) is 42.7 Å². The number of nitrogens with two attached hydrogens (primary N) is 1. The molecule has 3 aromatic rings. The summed E-state index contributed by atoms with van der Waals surface area (Å²) in [6.45, 7) is 1.16. The number of nitrogen functional groups attached to an aromatic ring is 1. The van der Waals surface area contributed by atoms with Gasteiger partial charge in [-0.1, -0.05) is 11.2 Å². The molecule has 1 atom stereocenters. The lowest BCUT2D eigenvalue weighted by Crippen LogP contribution is -2.40. The van der Waals surface area contributed by atoms with Crippen LogP contribution in [0, 0.1) is 5.82 Å². The Hall–Kier alpha value is -3.73. The van der Waals surface area contributed by atoms with Crippen LogP contribution < -0.4 is 15.2 Å². The average molecular weight is 512 g/mol. The summed E-state index contributed by atoms with van der Waals surface area (Å²) >= 11 is 1.57. The van der Waals surface area contributed by atoms with Gasteiger partial charge in [0.15, 0.2) is 18.5 Å². The van der Waals surface area contributed by atoms with Crippen LogP contribution >= 0.6 is 11.3 Å². The SMILES string of the molecule is COc1cccnc1OCC(=O)N1CCC(c2nc(C3=NOC(c4c(N)cccc4F)C3)cs2)CC1. The Balaban J connectivity index is 1.14. The van der Waals surface area contributed by atoms with E-state index in [0.717, 1.165) is 23.5 Å². The number of ether oxygens (including phenoxy) is 2. The van der Waals surface area contributed by atoms with Gasteiger partial charge in [-0.2, -0.15) is 0 Å². The first-order valence-corrected chi connectivity index (χ1v) is 12.5. The zero-order chi connectivity index (χ0) is 25.1. The maximum Gasteiger partial charge on any atom is 0.260 e. The van der Waals surface area contributed by atoms with Gasteiger partial charge in [-0.05, 0) is 37.1 Å². The number of benzene rings is 1. The third-order valence-electron chi connectivity index (χ3n) is 6.38. The van der Waals surface area contributed by atoms with Crippen LogP contribution in [0.5, 0.6) is 11.6 Å². The summed E-state index contributed by atoms with van der Waals surface area (Å²) in [5.41, 5.74) is 8.05. The minimum absolute atomic E-state index is 0.0862. The van der Waals surface area contributed by atoms with Crippen LogP contribution in [0.3, 0.4) is 0 Å². The second kappa shape index (κ2) is 10.5. The van der Waals surface area contributed by atoms with Crippen LogP contribution in [0.15, 0.2) is 47.1 Å². The van der Waals surface area contributed by atoms with Crippen molar-refractivity contribution in [2.75, 3.05) is 32.5 Å². The summed E-state index contributed by atoms with van der Waals surface area (Å²) in [7, 11) is 1.53. The van der Waals surface area contributed by atoms with Gasteiger partial charge in [-0.3, -0.25) is 4.79 Å². The number of aromatic nitrogens is 2. The quantitative estimate of drug-likeness (QED) is 0.479. The van der Waals surface area contributed by atoms with Crippen molar-refractivity contribution in [3.05, 3.63) is 64.0 Å². The number of hydrogen-bond acceptors (Lipinski definition) is 9. The third kappa shape index (κ3) is 4.97. The van der Waals surface area contributed by atoms with E-state index in [2.05, 4.69) is 10.1 Å². The number of likely N-dealkylation sites (tertiary alicyclic amines) is 1. The Morgan fingerprint density at radius 3 is 2.89 bits per heavy atom. The van der Waals surface area contributed by atoms with Gasteiger partial charge in [-0.25, -0.2) is 14.4 Å². The highest BCUT2D eigenvalue weighted by molar-refractivity contribution is 7.10. The maximum absolute atomic E-state index is 14.3. The average Bonchev–Trinajstić information content (AvgIpc) is 3.58. The molecule has 2 N–H and O–H groups in total. The molecule has 11 heteroatoms. The third-order valence-corrected chi connectivity index (χ3v) is 7.39. The Bertz CT molecular complexity index is 1250. The molecule has 0 saturated carbocycles.